The van der Waals surface area contributed by atoms with E-state index in [1.807, 2.05) is 0 Å². The number of allylic oxidation sites excluding steroid dienone is 1. The van der Waals surface area contributed by atoms with E-state index in [4.69, 9.17) is 0 Å². The van der Waals surface area contributed by atoms with Crippen molar-refractivity contribution in [3.63, 3.8) is 0 Å². The van der Waals surface area contributed by atoms with Crippen LogP contribution in [0.2, 0.25) is 0 Å². The second kappa shape index (κ2) is 2.63. The van der Waals surface area contributed by atoms with Crippen LogP contribution >= 0.6 is 0 Å². The topological polar surface area (TPSA) is 20.2 Å². The van der Waals surface area contributed by atoms with E-state index < -0.39 is 0 Å². The molecule has 0 aromatic carbocycles. The average Bonchev–Trinajstić information content (AvgIpc) is 2.02. The van der Waals surface area contributed by atoms with Gasteiger partial charge in [-0.15, -0.1) is 0 Å². The van der Waals surface area contributed by atoms with E-state index in [9.17, 15) is 5.11 Å². The molecule has 1 nitrogen and oxygen atoms in total. The Labute approximate surface area is 68.1 Å². The maximum absolute atomic E-state index is 9.58. The molecule has 2 bridgehead atoms. The lowest BCUT2D eigenvalue weighted by Gasteiger charge is -2.39. The van der Waals surface area contributed by atoms with Gasteiger partial charge in [0.15, 0.2) is 0 Å². The normalized spacial score (nSPS) is 44.1. The van der Waals surface area contributed by atoms with Crippen LogP contribution in [-0.2, 0) is 0 Å². The number of hydrogen-bond acceptors (Lipinski definition) is 1. The fourth-order valence-electron chi connectivity index (χ4n) is 2.50. The molecule has 2 fully saturated rings. The van der Waals surface area contributed by atoms with E-state index in [0.717, 1.165) is 18.8 Å². The van der Waals surface area contributed by atoms with Crippen molar-refractivity contribution in [1.82, 2.24) is 0 Å². The third kappa shape index (κ3) is 1.22. The van der Waals surface area contributed by atoms with Gasteiger partial charge in [-0.25, -0.2) is 0 Å². The summed E-state index contributed by atoms with van der Waals surface area (Å²) < 4.78 is 0. The maximum Gasteiger partial charge on any atom is 0.0568 e. The molecule has 0 aromatic rings. The van der Waals surface area contributed by atoms with E-state index in [-0.39, 0.29) is 6.10 Å². The van der Waals surface area contributed by atoms with E-state index in [1.54, 1.807) is 0 Å². The van der Waals surface area contributed by atoms with Crippen molar-refractivity contribution >= 4 is 0 Å². The lowest BCUT2D eigenvalue weighted by atomic mass is 9.69. The first-order chi connectivity index (χ1) is 5.27. The number of fused-ring (bicyclic) bond motifs is 2. The fraction of sp³-hybridized carbons (Fsp3) is 0.800. The van der Waals surface area contributed by atoms with Crippen LogP contribution in [0.1, 0.15) is 32.1 Å². The molecule has 2 aliphatic carbocycles. The highest BCUT2D eigenvalue weighted by Crippen LogP contribution is 2.42. The second-order valence-electron chi connectivity index (χ2n) is 4.03. The molecule has 0 aliphatic heterocycles. The van der Waals surface area contributed by atoms with Gasteiger partial charge in [0.1, 0.15) is 0 Å². The number of hydrogen-bond donors (Lipinski definition) is 1. The van der Waals surface area contributed by atoms with Crippen LogP contribution in [0, 0.1) is 11.8 Å². The Morgan fingerprint density at radius 3 is 2.91 bits per heavy atom. The minimum absolute atomic E-state index is 0.000602. The lowest BCUT2D eigenvalue weighted by molar-refractivity contribution is 0.0387. The van der Waals surface area contributed by atoms with Gasteiger partial charge in [0.25, 0.3) is 0 Å². The summed E-state index contributed by atoms with van der Waals surface area (Å²) >= 11 is 0. The van der Waals surface area contributed by atoms with Crippen molar-refractivity contribution in [3.05, 3.63) is 12.2 Å². The van der Waals surface area contributed by atoms with Crippen molar-refractivity contribution in [2.75, 3.05) is 0 Å². The SMILES string of the molecule is C=C1CCC2CC1CCC2O. The standard InChI is InChI=1S/C10H16O/c1-7-2-3-9-6-8(7)4-5-10(9)11/h8-11H,1-6H2. The van der Waals surface area contributed by atoms with Gasteiger partial charge in [-0.3, -0.25) is 0 Å². The Morgan fingerprint density at radius 2 is 2.09 bits per heavy atom. The number of aliphatic hydroxyl groups is 1. The molecule has 0 heterocycles. The summed E-state index contributed by atoms with van der Waals surface area (Å²) in [7, 11) is 0. The first-order valence-electron chi connectivity index (χ1n) is 4.63. The molecule has 0 saturated heterocycles. The Balaban J connectivity index is 2.08. The highest BCUT2D eigenvalue weighted by atomic mass is 16.3. The molecular formula is C10H16O. The molecular weight excluding hydrogens is 136 g/mol. The molecule has 3 unspecified atom stereocenters. The van der Waals surface area contributed by atoms with E-state index in [1.165, 1.54) is 24.8 Å². The van der Waals surface area contributed by atoms with Gasteiger partial charge in [0, 0.05) is 0 Å². The molecule has 0 radical (unpaired) electrons. The Morgan fingerprint density at radius 1 is 1.27 bits per heavy atom. The van der Waals surface area contributed by atoms with Crippen molar-refractivity contribution in [2.24, 2.45) is 11.8 Å². The zero-order chi connectivity index (χ0) is 7.84. The molecule has 1 N–H and O–H groups in total. The zero-order valence-electron chi connectivity index (χ0n) is 6.92. The molecule has 2 rings (SSSR count). The van der Waals surface area contributed by atoms with Crippen molar-refractivity contribution < 1.29 is 5.11 Å². The van der Waals surface area contributed by atoms with Crippen molar-refractivity contribution in [2.45, 2.75) is 38.2 Å². The summed E-state index contributed by atoms with van der Waals surface area (Å²) in [6.45, 7) is 4.08. The van der Waals surface area contributed by atoms with Crippen LogP contribution in [0.5, 0.6) is 0 Å². The molecule has 0 aromatic heterocycles. The predicted molar refractivity (Wildman–Crippen MR) is 45.2 cm³/mol. The van der Waals surface area contributed by atoms with Gasteiger partial charge in [0.05, 0.1) is 6.10 Å². The fourth-order valence-corrected chi connectivity index (χ4v) is 2.50. The van der Waals surface area contributed by atoms with Crippen LogP contribution in [0.25, 0.3) is 0 Å². The average molecular weight is 152 g/mol. The summed E-state index contributed by atoms with van der Waals surface area (Å²) in [5.74, 6) is 1.34. The third-order valence-corrected chi connectivity index (χ3v) is 3.36. The van der Waals surface area contributed by atoms with Gasteiger partial charge in [-0.05, 0) is 43.9 Å². The molecule has 2 saturated carbocycles. The third-order valence-electron chi connectivity index (χ3n) is 3.36. The second-order valence-corrected chi connectivity index (χ2v) is 4.03. The smallest absolute Gasteiger partial charge is 0.0568 e. The van der Waals surface area contributed by atoms with Crippen molar-refractivity contribution in [1.29, 1.82) is 0 Å². The monoisotopic (exact) mass is 152 g/mol. The van der Waals surface area contributed by atoms with Gasteiger partial charge < -0.3 is 5.11 Å². The van der Waals surface area contributed by atoms with E-state index in [0.29, 0.717) is 5.92 Å². The van der Waals surface area contributed by atoms with Gasteiger partial charge in [-0.2, -0.15) is 0 Å². The largest absolute Gasteiger partial charge is 0.393 e. The van der Waals surface area contributed by atoms with Crippen molar-refractivity contribution in [3.8, 4) is 0 Å². The Hall–Kier alpha value is -0.300. The van der Waals surface area contributed by atoms with E-state index >= 15 is 0 Å². The maximum atomic E-state index is 9.58. The van der Waals surface area contributed by atoms with E-state index in [2.05, 4.69) is 6.58 Å². The van der Waals surface area contributed by atoms with Gasteiger partial charge in [0.2, 0.25) is 0 Å². The molecule has 0 amide bonds. The van der Waals surface area contributed by atoms with Crippen LogP contribution in [0.15, 0.2) is 12.2 Å². The molecule has 11 heavy (non-hydrogen) atoms. The highest BCUT2D eigenvalue weighted by Gasteiger charge is 2.33. The summed E-state index contributed by atoms with van der Waals surface area (Å²) in [5.41, 5.74) is 1.44. The van der Waals surface area contributed by atoms with Gasteiger partial charge >= 0.3 is 0 Å². The molecule has 0 spiro atoms. The summed E-state index contributed by atoms with van der Waals surface area (Å²) in [6.07, 6.45) is 5.73. The molecule has 3 atom stereocenters. The van der Waals surface area contributed by atoms with Crippen LogP contribution in [-0.4, -0.2) is 11.2 Å². The van der Waals surface area contributed by atoms with Crippen LogP contribution in [0.4, 0.5) is 0 Å². The van der Waals surface area contributed by atoms with Crippen LogP contribution < -0.4 is 0 Å². The summed E-state index contributed by atoms with van der Waals surface area (Å²) in [6, 6.07) is 0. The predicted octanol–water partition coefficient (Wildman–Crippen LogP) is 2.11. The highest BCUT2D eigenvalue weighted by molar-refractivity contribution is 5.07. The summed E-state index contributed by atoms with van der Waals surface area (Å²) in [4.78, 5) is 0. The lowest BCUT2D eigenvalue weighted by Crippen LogP contribution is -2.33. The van der Waals surface area contributed by atoms with Gasteiger partial charge in [-0.1, -0.05) is 12.2 Å². The summed E-state index contributed by atoms with van der Waals surface area (Å²) in [5, 5.41) is 9.58. The Kier molecular flexibility index (Phi) is 1.76. The zero-order valence-corrected chi connectivity index (χ0v) is 6.92. The molecule has 2 aliphatic rings. The Bertz CT molecular complexity index is 174. The first-order valence-corrected chi connectivity index (χ1v) is 4.63. The molecule has 62 valence electrons. The first kappa shape index (κ1) is 7.35. The number of rotatable bonds is 0. The number of aliphatic hydroxyl groups excluding tert-OH is 1. The quantitative estimate of drug-likeness (QED) is 0.527. The minimum Gasteiger partial charge on any atom is -0.393 e. The van der Waals surface area contributed by atoms with Crippen LogP contribution in [0.3, 0.4) is 0 Å². The minimum atomic E-state index is -0.000602. The molecule has 1 heteroatoms.